The van der Waals surface area contributed by atoms with Crippen LogP contribution in [0.5, 0.6) is 0 Å². The van der Waals surface area contributed by atoms with Crippen LogP contribution in [0.1, 0.15) is 23.0 Å². The molecule has 0 spiro atoms. The van der Waals surface area contributed by atoms with Gasteiger partial charge in [0.25, 0.3) is 5.91 Å². The lowest BCUT2D eigenvalue weighted by molar-refractivity contribution is 0.0747. The summed E-state index contributed by atoms with van der Waals surface area (Å²) in [6, 6.07) is 3.58. The Hall–Kier alpha value is -2.02. The molecule has 2 aromatic rings. The van der Waals surface area contributed by atoms with Crippen molar-refractivity contribution in [3.8, 4) is 0 Å². The van der Waals surface area contributed by atoms with Crippen LogP contribution in [0.3, 0.4) is 0 Å². The van der Waals surface area contributed by atoms with Gasteiger partial charge < -0.3 is 10.6 Å². The van der Waals surface area contributed by atoms with Crippen LogP contribution in [-0.2, 0) is 6.54 Å². The maximum atomic E-state index is 13.2. The molecule has 7 heteroatoms. The summed E-state index contributed by atoms with van der Waals surface area (Å²) in [6.07, 6.45) is 0. The van der Waals surface area contributed by atoms with Crippen molar-refractivity contribution in [1.82, 2.24) is 9.88 Å². The fraction of sp³-hybridized carbons (Fsp3) is 0.231. The highest BCUT2D eigenvalue weighted by Gasteiger charge is 2.17. The third-order valence-electron chi connectivity index (χ3n) is 2.77. The quantitative estimate of drug-likeness (QED) is 0.944. The Balaban J connectivity index is 2.16. The number of anilines is 1. The molecule has 0 unspecified atom stereocenters. The Kier molecular flexibility index (Phi) is 4.29. The molecule has 0 saturated heterocycles. The molecule has 0 radical (unpaired) electrons. The number of hydrogen-bond acceptors (Lipinski definition) is 4. The third-order valence-corrected chi connectivity index (χ3v) is 3.44. The lowest BCUT2D eigenvalue weighted by Gasteiger charge is -2.20. The minimum absolute atomic E-state index is 0.184. The second kappa shape index (κ2) is 5.96. The molecule has 0 saturated carbocycles. The summed E-state index contributed by atoms with van der Waals surface area (Å²) in [7, 11) is 0. The molecule has 0 aliphatic carbocycles. The number of nitrogen functional groups attached to an aromatic ring is 1. The molecule has 0 fully saturated rings. The van der Waals surface area contributed by atoms with E-state index >= 15 is 0 Å². The average Bonchev–Trinajstić information content (AvgIpc) is 2.86. The summed E-state index contributed by atoms with van der Waals surface area (Å²) >= 11 is 1.18. The number of benzene rings is 1. The van der Waals surface area contributed by atoms with E-state index in [2.05, 4.69) is 4.98 Å². The molecule has 0 bridgehead atoms. The highest BCUT2D eigenvalue weighted by Crippen LogP contribution is 2.16. The summed E-state index contributed by atoms with van der Waals surface area (Å²) in [5.74, 6) is -2.12. The Morgan fingerprint density at radius 3 is 2.70 bits per heavy atom. The highest BCUT2D eigenvalue weighted by atomic mass is 32.1. The standard InChI is InChI=1S/C13H13F2N3OS/c1-2-18(12(19)11-7-20-13(16)17-11)6-8-3-4-9(14)10(15)5-8/h3-5,7H,2,6H2,1H3,(H2,16,17). The molecule has 4 nitrogen and oxygen atoms in total. The van der Waals surface area contributed by atoms with Gasteiger partial charge >= 0.3 is 0 Å². The lowest BCUT2D eigenvalue weighted by atomic mass is 10.2. The van der Waals surface area contributed by atoms with E-state index in [-0.39, 0.29) is 18.1 Å². The third kappa shape index (κ3) is 3.11. The van der Waals surface area contributed by atoms with E-state index < -0.39 is 11.6 Å². The van der Waals surface area contributed by atoms with E-state index in [4.69, 9.17) is 5.73 Å². The number of carbonyl (C=O) groups is 1. The number of nitrogens with two attached hydrogens (primary N) is 1. The smallest absolute Gasteiger partial charge is 0.273 e. The van der Waals surface area contributed by atoms with Crippen LogP contribution in [0.2, 0.25) is 0 Å². The largest absolute Gasteiger partial charge is 0.375 e. The second-order valence-electron chi connectivity index (χ2n) is 4.14. The van der Waals surface area contributed by atoms with E-state index in [1.54, 1.807) is 12.3 Å². The normalized spacial score (nSPS) is 10.6. The number of nitrogens with zero attached hydrogens (tertiary/aromatic N) is 2. The van der Waals surface area contributed by atoms with Crippen molar-refractivity contribution in [2.24, 2.45) is 0 Å². The zero-order valence-electron chi connectivity index (χ0n) is 10.8. The first-order valence-electron chi connectivity index (χ1n) is 5.95. The fourth-order valence-corrected chi connectivity index (χ4v) is 2.27. The Morgan fingerprint density at radius 1 is 1.40 bits per heavy atom. The lowest BCUT2D eigenvalue weighted by Crippen LogP contribution is -2.30. The molecule has 106 valence electrons. The molecule has 0 atom stereocenters. The van der Waals surface area contributed by atoms with Crippen molar-refractivity contribution in [3.63, 3.8) is 0 Å². The molecule has 0 aliphatic heterocycles. The highest BCUT2D eigenvalue weighted by molar-refractivity contribution is 7.13. The Bertz CT molecular complexity index is 630. The van der Waals surface area contributed by atoms with Gasteiger partial charge in [0.15, 0.2) is 16.8 Å². The van der Waals surface area contributed by atoms with Crippen LogP contribution >= 0.6 is 11.3 Å². The molecular weight excluding hydrogens is 284 g/mol. The summed E-state index contributed by atoms with van der Waals surface area (Å²) < 4.78 is 26.0. The zero-order valence-corrected chi connectivity index (χ0v) is 11.6. The van der Waals surface area contributed by atoms with Gasteiger partial charge in [-0.3, -0.25) is 4.79 Å². The number of aromatic nitrogens is 1. The van der Waals surface area contributed by atoms with E-state index in [0.29, 0.717) is 17.2 Å². The Labute approximate surface area is 118 Å². The molecule has 1 amide bonds. The van der Waals surface area contributed by atoms with Crippen LogP contribution in [0.25, 0.3) is 0 Å². The van der Waals surface area contributed by atoms with Gasteiger partial charge in [-0.15, -0.1) is 11.3 Å². The number of hydrogen-bond donors (Lipinski definition) is 1. The van der Waals surface area contributed by atoms with E-state index in [0.717, 1.165) is 12.1 Å². The molecule has 20 heavy (non-hydrogen) atoms. The number of amides is 1. The molecule has 1 aromatic heterocycles. The van der Waals surface area contributed by atoms with Crippen LogP contribution in [0.15, 0.2) is 23.6 Å². The minimum atomic E-state index is -0.927. The minimum Gasteiger partial charge on any atom is -0.375 e. The second-order valence-corrected chi connectivity index (χ2v) is 5.03. The van der Waals surface area contributed by atoms with Crippen LogP contribution in [0.4, 0.5) is 13.9 Å². The number of halogens is 2. The molecule has 0 aliphatic rings. The summed E-state index contributed by atoms with van der Waals surface area (Å²) in [5.41, 5.74) is 6.27. The van der Waals surface area contributed by atoms with Gasteiger partial charge in [-0.2, -0.15) is 0 Å². The first-order chi connectivity index (χ1) is 9.51. The SMILES string of the molecule is CCN(Cc1ccc(F)c(F)c1)C(=O)c1csc(N)n1. The number of rotatable bonds is 4. The Morgan fingerprint density at radius 2 is 2.15 bits per heavy atom. The van der Waals surface area contributed by atoms with Gasteiger partial charge in [-0.25, -0.2) is 13.8 Å². The van der Waals surface area contributed by atoms with Crippen LogP contribution in [0, 0.1) is 11.6 Å². The predicted octanol–water partition coefficient (Wildman–Crippen LogP) is 2.67. The fourth-order valence-electron chi connectivity index (χ4n) is 1.73. The van der Waals surface area contributed by atoms with Gasteiger partial charge in [0.05, 0.1) is 0 Å². The van der Waals surface area contributed by atoms with Crippen molar-refractivity contribution in [3.05, 3.63) is 46.5 Å². The molecule has 1 aromatic carbocycles. The molecule has 1 heterocycles. The van der Waals surface area contributed by atoms with E-state index in [1.807, 2.05) is 0 Å². The number of carbonyl (C=O) groups excluding carboxylic acids is 1. The number of thiazole rings is 1. The first kappa shape index (κ1) is 14.4. The van der Waals surface area contributed by atoms with E-state index in [9.17, 15) is 13.6 Å². The van der Waals surface area contributed by atoms with Gasteiger partial charge in [0.2, 0.25) is 0 Å². The maximum absolute atomic E-state index is 13.2. The topological polar surface area (TPSA) is 59.2 Å². The van der Waals surface area contributed by atoms with Crippen molar-refractivity contribution < 1.29 is 13.6 Å². The van der Waals surface area contributed by atoms with E-state index in [1.165, 1.54) is 22.3 Å². The summed E-state index contributed by atoms with van der Waals surface area (Å²) in [6.45, 7) is 2.41. The average molecular weight is 297 g/mol. The molecule has 2 rings (SSSR count). The van der Waals surface area contributed by atoms with Gasteiger partial charge in [-0.05, 0) is 24.6 Å². The van der Waals surface area contributed by atoms with Crippen molar-refractivity contribution in [1.29, 1.82) is 0 Å². The monoisotopic (exact) mass is 297 g/mol. The summed E-state index contributed by atoms with van der Waals surface area (Å²) in [5, 5.41) is 1.89. The predicted molar refractivity (Wildman–Crippen MR) is 73.3 cm³/mol. The van der Waals surface area contributed by atoms with Crippen molar-refractivity contribution >= 4 is 22.4 Å². The van der Waals surface area contributed by atoms with Gasteiger partial charge in [0.1, 0.15) is 5.69 Å². The van der Waals surface area contributed by atoms with Gasteiger partial charge in [0, 0.05) is 18.5 Å². The maximum Gasteiger partial charge on any atom is 0.273 e. The molecule has 2 N–H and O–H groups in total. The first-order valence-corrected chi connectivity index (χ1v) is 6.83. The van der Waals surface area contributed by atoms with Crippen LogP contribution < -0.4 is 5.73 Å². The van der Waals surface area contributed by atoms with Crippen molar-refractivity contribution in [2.45, 2.75) is 13.5 Å². The van der Waals surface area contributed by atoms with Crippen LogP contribution in [-0.4, -0.2) is 22.3 Å². The summed E-state index contributed by atoms with van der Waals surface area (Å²) in [4.78, 5) is 17.6. The van der Waals surface area contributed by atoms with Crippen molar-refractivity contribution in [2.75, 3.05) is 12.3 Å². The zero-order chi connectivity index (χ0) is 14.7. The van der Waals surface area contributed by atoms with Gasteiger partial charge in [-0.1, -0.05) is 6.07 Å². The molecular formula is C13H13F2N3OS.